The number of hydrogen-bond acceptors (Lipinski definition) is 10. The molecule has 0 saturated carbocycles. The monoisotopic (exact) mass is 941 g/mol. The van der Waals surface area contributed by atoms with Crippen molar-refractivity contribution in [3.63, 3.8) is 0 Å². The number of hydrogen-bond donors (Lipinski definition) is 4. The van der Waals surface area contributed by atoms with E-state index in [1.165, 1.54) is 225 Å². The summed E-state index contributed by atoms with van der Waals surface area (Å²) in [7, 11) is 0. The van der Waals surface area contributed by atoms with Crippen LogP contribution < -0.4 is 0 Å². The van der Waals surface area contributed by atoms with Gasteiger partial charge in [-0.1, -0.05) is 264 Å². The molecule has 10 nitrogen and oxygen atoms in total. The van der Waals surface area contributed by atoms with Crippen molar-refractivity contribution in [2.24, 2.45) is 0 Å². The van der Waals surface area contributed by atoms with Gasteiger partial charge in [-0.2, -0.15) is 0 Å². The minimum atomic E-state index is -1.59. The fourth-order valence-corrected chi connectivity index (χ4v) is 9.25. The highest BCUT2D eigenvalue weighted by Crippen LogP contribution is 2.23. The normalized spacial score (nSPS) is 19.0. The van der Waals surface area contributed by atoms with Gasteiger partial charge >= 0.3 is 11.9 Å². The number of rotatable bonds is 50. The highest BCUT2D eigenvalue weighted by Gasteiger charge is 2.44. The molecule has 0 amide bonds. The molecule has 1 rings (SSSR count). The van der Waals surface area contributed by atoms with E-state index in [0.29, 0.717) is 6.42 Å². The predicted octanol–water partition coefficient (Wildman–Crippen LogP) is 14.1. The van der Waals surface area contributed by atoms with Gasteiger partial charge in [0, 0.05) is 12.8 Å². The molecule has 10 heteroatoms. The first-order valence-electron chi connectivity index (χ1n) is 28.6. The molecule has 0 aromatic carbocycles. The van der Waals surface area contributed by atoms with Crippen LogP contribution in [0.4, 0.5) is 0 Å². The van der Waals surface area contributed by atoms with E-state index in [0.717, 1.165) is 32.1 Å². The van der Waals surface area contributed by atoms with Gasteiger partial charge in [-0.3, -0.25) is 9.59 Å². The summed E-state index contributed by atoms with van der Waals surface area (Å²) in [6, 6.07) is 0. The molecule has 0 aromatic rings. The van der Waals surface area contributed by atoms with Crippen LogP contribution in [-0.2, 0) is 28.5 Å². The third-order valence-corrected chi connectivity index (χ3v) is 13.7. The maximum atomic E-state index is 12.9. The number of ether oxygens (including phenoxy) is 4. The van der Waals surface area contributed by atoms with Gasteiger partial charge in [0.25, 0.3) is 0 Å². The first-order valence-corrected chi connectivity index (χ1v) is 28.6. The second-order valence-electron chi connectivity index (χ2n) is 20.1. The third kappa shape index (κ3) is 37.6. The van der Waals surface area contributed by atoms with E-state index >= 15 is 0 Å². The van der Waals surface area contributed by atoms with Gasteiger partial charge in [-0.25, -0.2) is 0 Å². The molecule has 0 aromatic heterocycles. The Labute approximate surface area is 406 Å². The summed E-state index contributed by atoms with van der Waals surface area (Å²) in [5, 5.41) is 40.3. The van der Waals surface area contributed by atoms with Gasteiger partial charge in [0.15, 0.2) is 12.4 Å². The lowest BCUT2D eigenvalue weighted by molar-refractivity contribution is -0.305. The van der Waals surface area contributed by atoms with E-state index in [1.807, 2.05) is 0 Å². The van der Waals surface area contributed by atoms with Crippen LogP contribution in [0.15, 0.2) is 0 Å². The number of aliphatic hydroxyl groups excluding tert-OH is 4. The molecule has 0 radical (unpaired) electrons. The summed E-state index contributed by atoms with van der Waals surface area (Å²) in [4.78, 5) is 25.5. The number of carbonyl (C=O) groups excluding carboxylic acids is 2. The molecule has 1 heterocycles. The predicted molar refractivity (Wildman–Crippen MR) is 270 cm³/mol. The molecule has 1 aliphatic rings. The van der Waals surface area contributed by atoms with Crippen LogP contribution in [0.5, 0.6) is 0 Å². The Morgan fingerprint density at radius 1 is 0.409 bits per heavy atom. The molecule has 66 heavy (non-hydrogen) atoms. The zero-order chi connectivity index (χ0) is 48.0. The minimum absolute atomic E-state index is 0.208. The Morgan fingerprint density at radius 3 is 1.03 bits per heavy atom. The molecule has 6 unspecified atom stereocenters. The zero-order valence-corrected chi connectivity index (χ0v) is 43.2. The quantitative estimate of drug-likeness (QED) is 0.0343. The molecule has 1 saturated heterocycles. The Morgan fingerprint density at radius 2 is 0.712 bits per heavy atom. The van der Waals surface area contributed by atoms with E-state index in [2.05, 4.69) is 13.8 Å². The smallest absolute Gasteiger partial charge is 0.306 e. The number of carbonyl (C=O) groups is 2. The highest BCUT2D eigenvalue weighted by molar-refractivity contribution is 5.70. The van der Waals surface area contributed by atoms with Gasteiger partial charge in [0.1, 0.15) is 31.0 Å². The van der Waals surface area contributed by atoms with Crippen molar-refractivity contribution in [1.29, 1.82) is 0 Å². The zero-order valence-electron chi connectivity index (χ0n) is 43.2. The summed E-state index contributed by atoms with van der Waals surface area (Å²) >= 11 is 0. The molecule has 0 bridgehead atoms. The molecular weight excluding hydrogens is 833 g/mol. The summed E-state index contributed by atoms with van der Waals surface area (Å²) in [5.41, 5.74) is 0. The first kappa shape index (κ1) is 62.7. The van der Waals surface area contributed by atoms with Crippen LogP contribution >= 0.6 is 0 Å². The van der Waals surface area contributed by atoms with Gasteiger partial charge in [-0.05, 0) is 12.8 Å². The van der Waals surface area contributed by atoms with Gasteiger partial charge in [0.05, 0.1) is 13.2 Å². The fraction of sp³-hybridized carbons (Fsp3) is 0.964. The van der Waals surface area contributed by atoms with Crippen molar-refractivity contribution in [2.75, 3.05) is 19.8 Å². The second-order valence-corrected chi connectivity index (χ2v) is 20.1. The Bertz CT molecular complexity index is 1040. The largest absolute Gasteiger partial charge is 0.462 e. The SMILES string of the molecule is CCCCCCCCCCCCCCCCCCCCCCCCC(=O)OC(COC(=O)CCCCCCCCCCCCCCCCCCCCC)COC1OC(CO)C(O)C(O)C1O. The maximum absolute atomic E-state index is 12.9. The van der Waals surface area contributed by atoms with Crippen molar-refractivity contribution >= 4 is 11.9 Å². The molecule has 0 spiro atoms. The Balaban J connectivity index is 2.19. The molecule has 0 aliphatic carbocycles. The number of unbranched alkanes of at least 4 members (excludes halogenated alkanes) is 39. The average molecular weight is 941 g/mol. The summed E-state index contributed by atoms with van der Waals surface area (Å²) in [5.74, 6) is -0.782. The van der Waals surface area contributed by atoms with E-state index in [9.17, 15) is 30.0 Å². The van der Waals surface area contributed by atoms with E-state index in [1.54, 1.807) is 0 Å². The molecule has 4 N–H and O–H groups in total. The highest BCUT2D eigenvalue weighted by atomic mass is 16.7. The van der Waals surface area contributed by atoms with Crippen LogP contribution in [0.25, 0.3) is 0 Å². The molecule has 1 aliphatic heterocycles. The molecule has 392 valence electrons. The van der Waals surface area contributed by atoms with Crippen molar-refractivity contribution in [1.82, 2.24) is 0 Å². The van der Waals surface area contributed by atoms with Crippen molar-refractivity contribution < 1.29 is 49.0 Å². The first-order chi connectivity index (χ1) is 32.3. The van der Waals surface area contributed by atoms with Crippen LogP contribution in [0.1, 0.15) is 290 Å². The van der Waals surface area contributed by atoms with Crippen LogP contribution in [0.2, 0.25) is 0 Å². The van der Waals surface area contributed by atoms with E-state index in [4.69, 9.17) is 18.9 Å². The molecule has 6 atom stereocenters. The average Bonchev–Trinajstić information content (AvgIpc) is 3.32. The molecule has 1 fully saturated rings. The van der Waals surface area contributed by atoms with Crippen molar-refractivity contribution in [2.45, 2.75) is 327 Å². The van der Waals surface area contributed by atoms with Crippen LogP contribution in [0, 0.1) is 0 Å². The standard InChI is InChI=1S/C56H108O10/c1-3-5-7-9-11-13-15-17-19-21-23-24-25-27-29-31-33-35-37-39-41-43-45-52(59)65-49(48-64-56-55(62)54(61)53(60)50(46-57)66-56)47-63-51(58)44-42-40-38-36-34-32-30-28-26-22-20-18-16-14-12-10-8-6-4-2/h49-50,53-57,60-62H,3-48H2,1-2H3. The van der Waals surface area contributed by atoms with Crippen molar-refractivity contribution in [3.8, 4) is 0 Å². The van der Waals surface area contributed by atoms with Gasteiger partial charge in [0.2, 0.25) is 0 Å². The van der Waals surface area contributed by atoms with Gasteiger partial charge < -0.3 is 39.4 Å². The lowest BCUT2D eigenvalue weighted by Gasteiger charge is -2.39. The lowest BCUT2D eigenvalue weighted by atomic mass is 9.99. The second kappa shape index (κ2) is 47.4. The Hall–Kier alpha value is -1.30. The Kier molecular flexibility index (Phi) is 45.0. The van der Waals surface area contributed by atoms with E-state index < -0.39 is 49.4 Å². The summed E-state index contributed by atoms with van der Waals surface area (Å²) in [6.07, 6.45) is 45.5. The number of esters is 2. The molecular formula is C56H108O10. The van der Waals surface area contributed by atoms with Crippen LogP contribution in [-0.4, -0.2) is 89.0 Å². The minimum Gasteiger partial charge on any atom is -0.462 e. The third-order valence-electron chi connectivity index (χ3n) is 13.7. The van der Waals surface area contributed by atoms with Gasteiger partial charge in [-0.15, -0.1) is 0 Å². The fourth-order valence-electron chi connectivity index (χ4n) is 9.25. The lowest BCUT2D eigenvalue weighted by Crippen LogP contribution is -2.59. The van der Waals surface area contributed by atoms with E-state index in [-0.39, 0.29) is 32.0 Å². The van der Waals surface area contributed by atoms with Crippen LogP contribution in [0.3, 0.4) is 0 Å². The number of aliphatic hydroxyl groups is 4. The summed E-state index contributed by atoms with van der Waals surface area (Å²) < 4.78 is 22.3. The maximum Gasteiger partial charge on any atom is 0.306 e. The topological polar surface area (TPSA) is 152 Å². The van der Waals surface area contributed by atoms with Crippen molar-refractivity contribution in [3.05, 3.63) is 0 Å². The summed E-state index contributed by atoms with van der Waals surface area (Å²) in [6.45, 7) is 3.50.